The number of halogens is 3. The molecule has 0 aromatic rings. The molecule has 1 aliphatic carbocycles. The molecule has 17 heavy (non-hydrogen) atoms. The zero-order valence-corrected chi connectivity index (χ0v) is 9.39. The van der Waals surface area contributed by atoms with Gasteiger partial charge in [-0.25, -0.2) is 14.6 Å². The van der Waals surface area contributed by atoms with Gasteiger partial charge in [-0.05, 0) is 19.9 Å². The minimum Gasteiger partial charge on any atom is -0.449 e. The molecule has 0 radical (unpaired) electrons. The van der Waals surface area contributed by atoms with Crippen LogP contribution < -0.4 is 10.9 Å². The van der Waals surface area contributed by atoms with Crippen LogP contribution in [0.1, 0.15) is 13.8 Å². The molecule has 96 valence electrons. The average Bonchev–Trinajstić information content (AvgIpc) is 2.26. The summed E-state index contributed by atoms with van der Waals surface area (Å²) in [6.07, 6.45) is 1.22. The molecule has 0 saturated carbocycles. The maximum Gasteiger partial charge on any atom is 0.425 e. The van der Waals surface area contributed by atoms with Gasteiger partial charge in [0.2, 0.25) is 0 Å². The lowest BCUT2D eigenvalue weighted by molar-refractivity contribution is -0.0338. The Morgan fingerprint density at radius 3 is 2.71 bits per heavy atom. The lowest BCUT2D eigenvalue weighted by Crippen LogP contribution is -2.39. The second-order valence-corrected chi connectivity index (χ2v) is 3.48. The van der Waals surface area contributed by atoms with Crippen LogP contribution >= 0.6 is 0 Å². The molecule has 0 heterocycles. The monoisotopic (exact) mass is 250 g/mol. The number of amides is 1. The fourth-order valence-electron chi connectivity index (χ4n) is 1.22. The summed E-state index contributed by atoms with van der Waals surface area (Å²) in [5.41, 5.74) is 4.78. The van der Waals surface area contributed by atoms with Crippen LogP contribution in [0.3, 0.4) is 0 Å². The van der Waals surface area contributed by atoms with E-state index in [9.17, 15) is 18.0 Å². The second-order valence-electron chi connectivity index (χ2n) is 3.48. The lowest BCUT2D eigenvalue weighted by atomic mass is 9.88. The van der Waals surface area contributed by atoms with Gasteiger partial charge in [0.1, 0.15) is 0 Å². The Kier molecular flexibility index (Phi) is 4.03. The minimum absolute atomic E-state index is 0.199. The van der Waals surface area contributed by atoms with Gasteiger partial charge in [0.05, 0.1) is 12.5 Å². The van der Waals surface area contributed by atoms with E-state index in [1.807, 2.05) is 0 Å². The number of nitrogens with one attached hydrogen (secondary N) is 2. The van der Waals surface area contributed by atoms with E-state index in [4.69, 9.17) is 0 Å². The molecule has 2 N–H and O–H groups in total. The number of rotatable bonds is 4. The lowest BCUT2D eigenvalue weighted by Gasteiger charge is -2.29. The van der Waals surface area contributed by atoms with Gasteiger partial charge in [0, 0.05) is 5.70 Å². The van der Waals surface area contributed by atoms with Crippen LogP contribution in [0, 0.1) is 5.92 Å². The Labute approximate surface area is 96.5 Å². The van der Waals surface area contributed by atoms with Crippen LogP contribution in [0.15, 0.2) is 23.7 Å². The van der Waals surface area contributed by atoms with Crippen molar-refractivity contribution in [2.24, 2.45) is 5.92 Å². The van der Waals surface area contributed by atoms with E-state index < -0.39 is 23.8 Å². The van der Waals surface area contributed by atoms with Crippen molar-refractivity contribution in [2.75, 3.05) is 6.61 Å². The highest BCUT2D eigenvalue weighted by Crippen LogP contribution is 2.44. The second kappa shape index (κ2) is 5.11. The van der Waals surface area contributed by atoms with Gasteiger partial charge in [-0.15, -0.1) is 0 Å². The summed E-state index contributed by atoms with van der Waals surface area (Å²) in [5, 5.41) is 0. The van der Waals surface area contributed by atoms with E-state index in [2.05, 4.69) is 15.6 Å². The van der Waals surface area contributed by atoms with Crippen molar-refractivity contribution in [3.8, 4) is 0 Å². The maximum atomic E-state index is 12.8. The van der Waals surface area contributed by atoms with Crippen LogP contribution in [0.25, 0.3) is 0 Å². The van der Waals surface area contributed by atoms with E-state index in [1.165, 1.54) is 6.92 Å². The minimum atomic E-state index is -3.45. The largest absolute Gasteiger partial charge is 0.449 e. The molecule has 0 aliphatic heterocycles. The molecule has 1 unspecified atom stereocenters. The highest BCUT2D eigenvalue weighted by Gasteiger charge is 2.50. The topological polar surface area (TPSA) is 50.4 Å². The van der Waals surface area contributed by atoms with Gasteiger partial charge in [-0.2, -0.15) is 8.78 Å². The summed E-state index contributed by atoms with van der Waals surface area (Å²) in [7, 11) is 0. The van der Waals surface area contributed by atoms with Crippen molar-refractivity contribution >= 4 is 6.09 Å². The van der Waals surface area contributed by atoms with E-state index in [0.29, 0.717) is 0 Å². The quantitative estimate of drug-likeness (QED) is 0.752. The maximum absolute atomic E-state index is 12.8. The SMILES string of the molecule is CCOC(=O)NN/C(C)=C/C1C=C(F)C1(F)F. The van der Waals surface area contributed by atoms with Gasteiger partial charge < -0.3 is 10.2 Å². The highest BCUT2D eigenvalue weighted by atomic mass is 19.3. The standard InChI is InChI=1S/C10H13F3N2O2/c1-3-17-9(16)15-14-6(2)4-7-5-8(11)10(7,12)13/h4-5,7,14H,3H2,1-2H3,(H,15,16)/b6-4+. The summed E-state index contributed by atoms with van der Waals surface area (Å²) in [6.45, 7) is 3.29. The Balaban J connectivity index is 2.44. The van der Waals surface area contributed by atoms with Crippen molar-refractivity contribution in [1.82, 2.24) is 10.9 Å². The molecule has 0 saturated heterocycles. The number of hydrogen-bond acceptors (Lipinski definition) is 3. The average molecular weight is 250 g/mol. The van der Waals surface area contributed by atoms with Crippen molar-refractivity contribution in [1.29, 1.82) is 0 Å². The number of alkyl halides is 2. The van der Waals surface area contributed by atoms with Crippen LogP contribution in [0.5, 0.6) is 0 Å². The summed E-state index contributed by atoms with van der Waals surface area (Å²) in [4.78, 5) is 10.9. The first kappa shape index (κ1) is 13.4. The Morgan fingerprint density at radius 2 is 2.24 bits per heavy atom. The molecule has 1 rings (SSSR count). The predicted molar refractivity (Wildman–Crippen MR) is 54.7 cm³/mol. The zero-order chi connectivity index (χ0) is 13.1. The Hall–Kier alpha value is -1.66. The number of hydrazine groups is 1. The Bertz CT molecular complexity index is 367. The Morgan fingerprint density at radius 1 is 1.59 bits per heavy atom. The molecule has 4 nitrogen and oxygen atoms in total. The first-order chi connectivity index (χ1) is 7.87. The van der Waals surface area contributed by atoms with Crippen molar-refractivity contribution < 1.29 is 22.7 Å². The summed E-state index contributed by atoms with van der Waals surface area (Å²) in [5.74, 6) is -6.17. The number of carbonyl (C=O) groups excluding carboxylic acids is 1. The third-order valence-electron chi connectivity index (χ3n) is 2.13. The van der Waals surface area contributed by atoms with Crippen molar-refractivity contribution in [2.45, 2.75) is 19.8 Å². The van der Waals surface area contributed by atoms with Gasteiger partial charge in [-0.3, -0.25) is 0 Å². The number of carbonyl (C=O) groups is 1. The first-order valence-corrected chi connectivity index (χ1v) is 5.00. The van der Waals surface area contributed by atoms with E-state index in [-0.39, 0.29) is 12.3 Å². The molecule has 0 aromatic carbocycles. The third kappa shape index (κ3) is 3.15. The van der Waals surface area contributed by atoms with Crippen LogP contribution in [-0.4, -0.2) is 18.6 Å². The fraction of sp³-hybridized carbons (Fsp3) is 0.500. The summed E-state index contributed by atoms with van der Waals surface area (Å²) in [6, 6.07) is 0. The van der Waals surface area contributed by atoms with Crippen LogP contribution in [0.2, 0.25) is 0 Å². The fourth-order valence-corrected chi connectivity index (χ4v) is 1.22. The molecular weight excluding hydrogens is 237 g/mol. The third-order valence-corrected chi connectivity index (χ3v) is 2.13. The first-order valence-electron chi connectivity index (χ1n) is 5.00. The molecule has 1 aliphatic rings. The van der Waals surface area contributed by atoms with Crippen LogP contribution in [0.4, 0.5) is 18.0 Å². The van der Waals surface area contributed by atoms with Gasteiger partial charge >= 0.3 is 12.0 Å². The summed E-state index contributed by atoms with van der Waals surface area (Å²) >= 11 is 0. The molecule has 1 atom stereocenters. The number of allylic oxidation sites excluding steroid dienone is 4. The normalized spacial score (nSPS) is 22.3. The van der Waals surface area contributed by atoms with Gasteiger partial charge in [0.25, 0.3) is 0 Å². The van der Waals surface area contributed by atoms with Crippen molar-refractivity contribution in [3.63, 3.8) is 0 Å². The smallest absolute Gasteiger partial charge is 0.425 e. The molecule has 7 heteroatoms. The van der Waals surface area contributed by atoms with E-state index in [1.54, 1.807) is 6.92 Å². The van der Waals surface area contributed by atoms with Gasteiger partial charge in [0.15, 0.2) is 5.83 Å². The van der Waals surface area contributed by atoms with Gasteiger partial charge in [-0.1, -0.05) is 6.08 Å². The highest BCUT2D eigenvalue weighted by molar-refractivity contribution is 5.66. The molecule has 0 fully saturated rings. The van der Waals surface area contributed by atoms with Crippen LogP contribution in [-0.2, 0) is 4.74 Å². The molecule has 0 spiro atoms. The van der Waals surface area contributed by atoms with E-state index in [0.717, 1.165) is 12.2 Å². The summed E-state index contributed by atoms with van der Waals surface area (Å²) < 4.78 is 42.6. The molecule has 0 aromatic heterocycles. The number of hydrogen-bond donors (Lipinski definition) is 2. The molecule has 1 amide bonds. The van der Waals surface area contributed by atoms with E-state index >= 15 is 0 Å². The zero-order valence-electron chi connectivity index (χ0n) is 9.39. The molecular formula is C10H13F3N2O2. The predicted octanol–water partition coefficient (Wildman–Crippen LogP) is 2.26. The van der Waals surface area contributed by atoms with Crippen molar-refractivity contribution in [3.05, 3.63) is 23.7 Å². The number of ether oxygens (including phenoxy) is 1. The molecule has 0 bridgehead atoms.